The molecule has 0 fully saturated rings. The zero-order chi connectivity index (χ0) is 26.7. The standard InChI is InChI=1S/C20H27N5O10/c21-11(6-15(22)28)17(31)23-12(5-9-1-3-10(27)4-2-9)18(32)25-14(8-26)19(33)24-13(20(34)35)7-16(29)30/h1-4,11-14,26-27H,5-8,21H2,(H2,22,28)(H,23,31)(H,24,33)(H,25,32)(H,29,30)(H,34,35). The molecule has 1 aromatic carbocycles. The van der Waals surface area contributed by atoms with Crippen molar-refractivity contribution in [3.63, 3.8) is 0 Å². The first kappa shape index (κ1) is 28.8. The zero-order valence-corrected chi connectivity index (χ0v) is 18.3. The number of nitrogens with one attached hydrogen (secondary N) is 3. The van der Waals surface area contributed by atoms with Gasteiger partial charge in [-0.25, -0.2) is 4.79 Å². The Morgan fingerprint density at radius 3 is 1.80 bits per heavy atom. The highest BCUT2D eigenvalue weighted by Gasteiger charge is 2.31. The quantitative estimate of drug-likeness (QED) is 0.120. The van der Waals surface area contributed by atoms with E-state index in [0.717, 1.165) is 0 Å². The highest BCUT2D eigenvalue weighted by molar-refractivity contribution is 5.95. The molecule has 0 aliphatic heterocycles. The molecule has 11 N–H and O–H groups in total. The van der Waals surface area contributed by atoms with Gasteiger partial charge < -0.3 is 47.8 Å². The van der Waals surface area contributed by atoms with Gasteiger partial charge in [-0.3, -0.25) is 24.0 Å². The van der Waals surface area contributed by atoms with Crippen LogP contribution in [0.5, 0.6) is 5.75 Å². The van der Waals surface area contributed by atoms with Crippen LogP contribution in [-0.4, -0.2) is 86.8 Å². The molecule has 4 unspecified atom stereocenters. The number of carboxylic acid groups (broad SMARTS) is 2. The monoisotopic (exact) mass is 497 g/mol. The molecular formula is C20H27N5O10. The number of aliphatic carboxylic acids is 2. The molecule has 192 valence electrons. The summed E-state index contributed by atoms with van der Waals surface area (Å²) in [6.07, 6.45) is -1.64. The maximum Gasteiger partial charge on any atom is 0.326 e. The van der Waals surface area contributed by atoms with Crippen LogP contribution >= 0.6 is 0 Å². The molecule has 0 aliphatic carbocycles. The molecule has 15 heteroatoms. The molecule has 0 heterocycles. The molecule has 4 amide bonds. The number of nitrogens with two attached hydrogens (primary N) is 2. The third-order valence-electron chi connectivity index (χ3n) is 4.58. The van der Waals surface area contributed by atoms with Crippen LogP contribution in [0.2, 0.25) is 0 Å². The van der Waals surface area contributed by atoms with Crippen molar-refractivity contribution >= 4 is 35.6 Å². The van der Waals surface area contributed by atoms with Crippen molar-refractivity contribution in [3.05, 3.63) is 29.8 Å². The van der Waals surface area contributed by atoms with Crippen LogP contribution in [-0.2, 0) is 35.2 Å². The maximum atomic E-state index is 12.9. The van der Waals surface area contributed by atoms with E-state index in [1.807, 2.05) is 5.32 Å². The van der Waals surface area contributed by atoms with Crippen molar-refractivity contribution in [1.82, 2.24) is 16.0 Å². The van der Waals surface area contributed by atoms with Crippen LogP contribution in [0.3, 0.4) is 0 Å². The summed E-state index contributed by atoms with van der Waals surface area (Å²) in [4.78, 5) is 70.5. The fourth-order valence-electron chi connectivity index (χ4n) is 2.78. The number of hydrogen-bond acceptors (Lipinski definition) is 9. The van der Waals surface area contributed by atoms with Gasteiger partial charge in [0, 0.05) is 6.42 Å². The molecule has 4 atom stereocenters. The van der Waals surface area contributed by atoms with Crippen LogP contribution < -0.4 is 27.4 Å². The summed E-state index contributed by atoms with van der Waals surface area (Å²) in [6, 6.07) is -0.752. The highest BCUT2D eigenvalue weighted by atomic mass is 16.4. The van der Waals surface area contributed by atoms with E-state index in [0.29, 0.717) is 5.56 Å². The van der Waals surface area contributed by atoms with Crippen molar-refractivity contribution < 1.29 is 49.2 Å². The number of primary amides is 1. The van der Waals surface area contributed by atoms with E-state index in [9.17, 15) is 39.0 Å². The Kier molecular flexibility index (Phi) is 11.1. The normalized spacial score (nSPS) is 14.0. The Morgan fingerprint density at radius 2 is 1.31 bits per heavy atom. The van der Waals surface area contributed by atoms with Crippen LogP contribution in [0.1, 0.15) is 18.4 Å². The minimum absolute atomic E-state index is 0.0615. The van der Waals surface area contributed by atoms with E-state index < -0.39 is 79.2 Å². The molecule has 0 aromatic heterocycles. The number of aliphatic hydroxyl groups excluding tert-OH is 1. The van der Waals surface area contributed by atoms with Gasteiger partial charge in [-0.15, -0.1) is 0 Å². The fraction of sp³-hybridized carbons (Fsp3) is 0.400. The Hall–Kier alpha value is -4.24. The van der Waals surface area contributed by atoms with Crippen molar-refractivity contribution in [2.45, 2.75) is 43.4 Å². The average Bonchev–Trinajstić information content (AvgIpc) is 2.76. The molecule has 0 bridgehead atoms. The number of phenolic OH excluding ortho intramolecular Hbond substituents is 1. The van der Waals surface area contributed by atoms with Gasteiger partial charge >= 0.3 is 11.9 Å². The number of aromatic hydroxyl groups is 1. The number of benzene rings is 1. The minimum Gasteiger partial charge on any atom is -0.508 e. The zero-order valence-electron chi connectivity index (χ0n) is 18.3. The van der Waals surface area contributed by atoms with E-state index in [1.165, 1.54) is 24.3 Å². The van der Waals surface area contributed by atoms with Gasteiger partial charge in [0.25, 0.3) is 0 Å². The van der Waals surface area contributed by atoms with E-state index in [-0.39, 0.29) is 12.2 Å². The molecule has 0 saturated heterocycles. The molecule has 35 heavy (non-hydrogen) atoms. The predicted octanol–water partition coefficient (Wildman–Crippen LogP) is -3.86. The lowest BCUT2D eigenvalue weighted by atomic mass is 10.0. The van der Waals surface area contributed by atoms with Gasteiger partial charge in [0.15, 0.2) is 0 Å². The highest BCUT2D eigenvalue weighted by Crippen LogP contribution is 2.12. The van der Waals surface area contributed by atoms with Crippen molar-refractivity contribution in [1.29, 1.82) is 0 Å². The summed E-state index contributed by atoms with van der Waals surface area (Å²) in [5.41, 5.74) is 11.1. The number of carbonyl (C=O) groups is 6. The number of carbonyl (C=O) groups excluding carboxylic acids is 4. The van der Waals surface area contributed by atoms with Gasteiger partial charge in [-0.1, -0.05) is 12.1 Å². The molecule has 0 spiro atoms. The average molecular weight is 497 g/mol. The molecule has 0 radical (unpaired) electrons. The number of carboxylic acids is 2. The van der Waals surface area contributed by atoms with Crippen LogP contribution in [0.15, 0.2) is 24.3 Å². The molecule has 1 aromatic rings. The SMILES string of the molecule is NC(=O)CC(N)C(=O)NC(Cc1ccc(O)cc1)C(=O)NC(CO)C(=O)NC(CC(=O)O)C(=O)O. The molecule has 0 saturated carbocycles. The Morgan fingerprint density at radius 1 is 0.800 bits per heavy atom. The summed E-state index contributed by atoms with van der Waals surface area (Å²) in [6.45, 7) is -0.988. The molecule has 1 rings (SSSR count). The van der Waals surface area contributed by atoms with Crippen LogP contribution in [0.25, 0.3) is 0 Å². The first-order valence-corrected chi connectivity index (χ1v) is 10.1. The Balaban J connectivity index is 3.03. The van der Waals surface area contributed by atoms with E-state index in [4.69, 9.17) is 21.7 Å². The van der Waals surface area contributed by atoms with Crippen molar-refractivity contribution in [2.24, 2.45) is 11.5 Å². The first-order chi connectivity index (χ1) is 16.3. The molecule has 0 aliphatic rings. The van der Waals surface area contributed by atoms with Gasteiger partial charge in [-0.05, 0) is 17.7 Å². The lowest BCUT2D eigenvalue weighted by molar-refractivity contribution is -0.147. The number of aliphatic hydroxyl groups is 1. The third-order valence-corrected chi connectivity index (χ3v) is 4.58. The third kappa shape index (κ3) is 10.1. The topological polar surface area (TPSA) is 271 Å². The fourth-order valence-corrected chi connectivity index (χ4v) is 2.78. The van der Waals surface area contributed by atoms with Gasteiger partial charge in [-0.2, -0.15) is 0 Å². The van der Waals surface area contributed by atoms with Crippen molar-refractivity contribution in [3.8, 4) is 5.75 Å². The summed E-state index contributed by atoms with van der Waals surface area (Å²) in [5, 5.41) is 43.1. The molecular weight excluding hydrogens is 470 g/mol. The smallest absolute Gasteiger partial charge is 0.326 e. The van der Waals surface area contributed by atoms with Crippen molar-refractivity contribution in [2.75, 3.05) is 6.61 Å². The maximum absolute atomic E-state index is 12.9. The Bertz CT molecular complexity index is 952. The summed E-state index contributed by atoms with van der Waals surface area (Å²) < 4.78 is 0. The van der Waals surface area contributed by atoms with E-state index in [2.05, 4.69) is 10.6 Å². The summed E-state index contributed by atoms with van der Waals surface area (Å²) in [5.74, 6) is -7.17. The van der Waals surface area contributed by atoms with Gasteiger partial charge in [0.1, 0.15) is 23.9 Å². The van der Waals surface area contributed by atoms with E-state index >= 15 is 0 Å². The number of phenols is 1. The van der Waals surface area contributed by atoms with Gasteiger partial charge in [0.2, 0.25) is 23.6 Å². The molecule has 15 nitrogen and oxygen atoms in total. The second kappa shape index (κ2) is 13.5. The predicted molar refractivity (Wildman–Crippen MR) is 116 cm³/mol. The number of amides is 4. The van der Waals surface area contributed by atoms with Crippen LogP contribution in [0, 0.1) is 0 Å². The second-order valence-corrected chi connectivity index (χ2v) is 7.45. The lowest BCUT2D eigenvalue weighted by Gasteiger charge is -2.24. The number of rotatable bonds is 14. The summed E-state index contributed by atoms with van der Waals surface area (Å²) >= 11 is 0. The largest absolute Gasteiger partial charge is 0.508 e. The second-order valence-electron chi connectivity index (χ2n) is 7.45. The number of hydrogen-bond donors (Lipinski definition) is 9. The van der Waals surface area contributed by atoms with Gasteiger partial charge in [0.05, 0.1) is 25.5 Å². The first-order valence-electron chi connectivity index (χ1n) is 10.1. The Labute approximate surface area is 198 Å². The van der Waals surface area contributed by atoms with Crippen LogP contribution in [0.4, 0.5) is 0 Å². The summed E-state index contributed by atoms with van der Waals surface area (Å²) in [7, 11) is 0. The lowest BCUT2D eigenvalue weighted by Crippen LogP contribution is -2.58. The van der Waals surface area contributed by atoms with E-state index in [1.54, 1.807) is 0 Å². The minimum atomic E-state index is -1.83.